The molecule has 41 heavy (non-hydrogen) atoms. The van der Waals surface area contributed by atoms with Crippen molar-refractivity contribution in [3.63, 3.8) is 0 Å². The summed E-state index contributed by atoms with van der Waals surface area (Å²) in [7, 11) is 0. The number of hydrogen-bond acceptors (Lipinski definition) is 8. The molecule has 1 unspecified atom stereocenters. The molecule has 2 aromatic heterocycles. The maximum Gasteiger partial charge on any atom is 0.335 e. The zero-order valence-corrected chi connectivity index (χ0v) is 22.7. The topological polar surface area (TPSA) is 111 Å². The van der Waals surface area contributed by atoms with Crippen LogP contribution in [0.2, 0.25) is 0 Å². The van der Waals surface area contributed by atoms with E-state index in [9.17, 15) is 15.2 Å². The van der Waals surface area contributed by atoms with Gasteiger partial charge >= 0.3 is 5.97 Å². The number of nitrogens with zero attached hydrogens (tertiary/aromatic N) is 7. The average Bonchev–Trinajstić information content (AvgIpc) is 3.55. The Morgan fingerprint density at radius 1 is 0.976 bits per heavy atom. The molecule has 2 saturated heterocycles. The molecule has 0 radical (unpaired) electrons. The molecule has 7 rings (SSSR count). The third-order valence-electron chi connectivity index (χ3n) is 8.42. The van der Waals surface area contributed by atoms with Crippen molar-refractivity contribution < 1.29 is 14.6 Å². The Kier molecular flexibility index (Phi) is 6.53. The van der Waals surface area contributed by atoms with Crippen LogP contribution in [0.25, 0.3) is 11.0 Å². The Hall–Kier alpha value is -4.46. The third kappa shape index (κ3) is 4.99. The Morgan fingerprint density at radius 3 is 2.49 bits per heavy atom. The van der Waals surface area contributed by atoms with Crippen LogP contribution < -0.4 is 9.80 Å². The van der Waals surface area contributed by atoms with Crippen molar-refractivity contribution in [2.45, 2.75) is 38.7 Å². The Balaban J connectivity index is 1.03. The summed E-state index contributed by atoms with van der Waals surface area (Å²) in [5.74, 6) is 1.94. The quantitative estimate of drug-likeness (QED) is 0.369. The van der Waals surface area contributed by atoms with Crippen LogP contribution in [0.15, 0.2) is 54.6 Å². The molecule has 1 atom stereocenters. The summed E-state index contributed by atoms with van der Waals surface area (Å²) in [4.78, 5) is 28.5. The second-order valence-electron chi connectivity index (χ2n) is 11.0. The molecule has 4 aromatic rings. The number of aromatic carboxylic acids is 1. The molecule has 0 spiro atoms. The Bertz CT molecular complexity index is 1660. The van der Waals surface area contributed by atoms with Gasteiger partial charge in [0.1, 0.15) is 17.5 Å². The molecule has 10 nitrogen and oxygen atoms in total. The van der Waals surface area contributed by atoms with Gasteiger partial charge < -0.3 is 24.2 Å². The monoisotopic (exact) mass is 549 g/mol. The van der Waals surface area contributed by atoms with Gasteiger partial charge in [0.15, 0.2) is 0 Å². The summed E-state index contributed by atoms with van der Waals surface area (Å²) < 4.78 is 7.85. The fraction of sp³-hybridized carbons (Fsp3) is 0.355. The van der Waals surface area contributed by atoms with Gasteiger partial charge in [0.25, 0.3) is 0 Å². The van der Waals surface area contributed by atoms with Crippen LogP contribution in [-0.4, -0.2) is 69.4 Å². The first kappa shape index (κ1) is 25.5. The lowest BCUT2D eigenvalue weighted by Crippen LogP contribution is -2.46. The molecule has 0 bridgehead atoms. The van der Waals surface area contributed by atoms with E-state index in [4.69, 9.17) is 14.7 Å². The van der Waals surface area contributed by atoms with Crippen LogP contribution in [0.5, 0.6) is 0 Å². The fourth-order valence-electron chi connectivity index (χ4n) is 5.99. The lowest BCUT2D eigenvalue weighted by Gasteiger charge is -2.36. The fourth-order valence-corrected chi connectivity index (χ4v) is 5.99. The van der Waals surface area contributed by atoms with E-state index in [0.29, 0.717) is 18.7 Å². The highest BCUT2D eigenvalue weighted by atomic mass is 16.5. The van der Waals surface area contributed by atoms with E-state index in [0.717, 1.165) is 80.8 Å². The molecule has 10 heteroatoms. The number of carboxylic acids is 1. The zero-order valence-electron chi connectivity index (χ0n) is 22.7. The number of carboxylic acid groups (broad SMARTS) is 1. The van der Waals surface area contributed by atoms with E-state index in [1.165, 1.54) is 11.1 Å². The van der Waals surface area contributed by atoms with Crippen LogP contribution >= 0.6 is 0 Å². The van der Waals surface area contributed by atoms with Crippen LogP contribution in [0.4, 0.5) is 11.6 Å². The predicted octanol–water partition coefficient (Wildman–Crippen LogP) is 3.63. The van der Waals surface area contributed by atoms with Crippen molar-refractivity contribution in [2.24, 2.45) is 0 Å². The molecule has 0 saturated carbocycles. The number of aromatic nitrogens is 3. The highest BCUT2D eigenvalue weighted by molar-refractivity contribution is 5.92. The molecule has 0 aliphatic carbocycles. The minimum Gasteiger partial charge on any atom is -0.478 e. The highest BCUT2D eigenvalue weighted by Crippen LogP contribution is 2.29. The smallest absolute Gasteiger partial charge is 0.335 e. The van der Waals surface area contributed by atoms with Crippen molar-refractivity contribution in [1.29, 1.82) is 5.26 Å². The summed E-state index contributed by atoms with van der Waals surface area (Å²) in [6, 6.07) is 19.5. The molecule has 0 amide bonds. The third-order valence-corrected chi connectivity index (χ3v) is 8.42. The second kappa shape index (κ2) is 10.5. The van der Waals surface area contributed by atoms with Gasteiger partial charge in [0.05, 0.1) is 47.4 Å². The summed E-state index contributed by atoms with van der Waals surface area (Å²) in [6.07, 6.45) is 1.15. The highest BCUT2D eigenvalue weighted by Gasteiger charge is 2.26. The Labute approximate surface area is 238 Å². The maximum absolute atomic E-state index is 11.6. The number of fused-ring (bicyclic) bond motifs is 2. The molecule has 3 aliphatic rings. The number of anilines is 2. The number of pyridine rings is 1. The number of benzene rings is 2. The number of piperazine rings is 1. The average molecular weight is 550 g/mol. The number of hydrogen-bond donors (Lipinski definition) is 1. The first-order valence-electron chi connectivity index (χ1n) is 14.1. The number of imidazole rings is 1. The van der Waals surface area contributed by atoms with Gasteiger partial charge in [-0.15, -0.1) is 0 Å². The summed E-state index contributed by atoms with van der Waals surface area (Å²) in [6.45, 7) is 7.18. The van der Waals surface area contributed by atoms with Gasteiger partial charge in [-0.25, -0.2) is 14.8 Å². The molecular formula is C31H31N7O3. The van der Waals surface area contributed by atoms with Gasteiger partial charge in [-0.3, -0.25) is 4.90 Å². The zero-order chi connectivity index (χ0) is 27.9. The standard InChI is InChI=1S/C31H31N7O3/c32-16-21-4-5-23-17-37(18-24(23)14-21)29-3-1-2-28(34-29)36-11-9-35(10-12-36)20-30-33-26-7-6-22(31(39)40)15-27(26)38(30)19-25-8-13-41-25/h1-7,14-15,25H,8-13,17-20H2,(H,39,40). The number of carbonyl (C=O) groups is 1. The van der Waals surface area contributed by atoms with Crippen molar-refractivity contribution in [3.05, 3.63) is 82.7 Å². The van der Waals surface area contributed by atoms with Crippen molar-refractivity contribution in [3.8, 4) is 6.07 Å². The largest absolute Gasteiger partial charge is 0.478 e. The molecule has 2 fully saturated rings. The lowest BCUT2D eigenvalue weighted by molar-refractivity contribution is -0.0592. The Morgan fingerprint density at radius 2 is 1.76 bits per heavy atom. The first-order valence-corrected chi connectivity index (χ1v) is 14.1. The maximum atomic E-state index is 11.6. The van der Waals surface area contributed by atoms with Crippen molar-refractivity contribution >= 4 is 28.6 Å². The van der Waals surface area contributed by atoms with Gasteiger partial charge in [0.2, 0.25) is 0 Å². The van der Waals surface area contributed by atoms with E-state index in [1.807, 2.05) is 12.1 Å². The van der Waals surface area contributed by atoms with Crippen LogP contribution in [-0.2, 0) is 30.9 Å². The summed E-state index contributed by atoms with van der Waals surface area (Å²) >= 11 is 0. The summed E-state index contributed by atoms with van der Waals surface area (Å²) in [5, 5.41) is 18.8. The lowest BCUT2D eigenvalue weighted by atomic mass is 10.1. The van der Waals surface area contributed by atoms with E-state index in [-0.39, 0.29) is 11.7 Å². The number of ether oxygens (including phenoxy) is 1. The van der Waals surface area contributed by atoms with Crippen LogP contribution in [0, 0.1) is 11.3 Å². The molecule has 1 N–H and O–H groups in total. The first-order chi connectivity index (χ1) is 20.0. The minimum atomic E-state index is -0.933. The van der Waals surface area contributed by atoms with Crippen molar-refractivity contribution in [1.82, 2.24) is 19.4 Å². The van der Waals surface area contributed by atoms with Gasteiger partial charge in [-0.2, -0.15) is 5.26 Å². The SMILES string of the molecule is N#Cc1ccc2c(c1)CN(c1cccc(N3CCN(Cc4nc5ccc(C(=O)O)cc5n4CC4CCO4)CC3)n1)C2. The van der Waals surface area contributed by atoms with E-state index in [2.05, 4.69) is 49.6 Å². The van der Waals surface area contributed by atoms with Gasteiger partial charge in [-0.05, 0) is 60.0 Å². The molecule has 5 heterocycles. The predicted molar refractivity (Wildman–Crippen MR) is 154 cm³/mol. The molecular weight excluding hydrogens is 518 g/mol. The molecule has 3 aliphatic heterocycles. The van der Waals surface area contributed by atoms with Crippen LogP contribution in [0.3, 0.4) is 0 Å². The van der Waals surface area contributed by atoms with E-state index in [1.54, 1.807) is 18.2 Å². The van der Waals surface area contributed by atoms with Crippen LogP contribution in [0.1, 0.15) is 39.3 Å². The number of nitriles is 1. The van der Waals surface area contributed by atoms with Gasteiger partial charge in [-0.1, -0.05) is 12.1 Å². The number of rotatable bonds is 7. The second-order valence-corrected chi connectivity index (χ2v) is 11.0. The normalized spacial score (nSPS) is 18.8. The van der Waals surface area contributed by atoms with E-state index >= 15 is 0 Å². The van der Waals surface area contributed by atoms with Gasteiger partial charge in [0, 0.05) is 45.9 Å². The minimum absolute atomic E-state index is 0.145. The van der Waals surface area contributed by atoms with Crippen molar-refractivity contribution in [2.75, 3.05) is 42.6 Å². The van der Waals surface area contributed by atoms with E-state index < -0.39 is 5.97 Å². The molecule has 2 aromatic carbocycles. The molecule has 208 valence electrons. The summed E-state index contributed by atoms with van der Waals surface area (Å²) in [5.41, 5.74) is 5.08.